The number of hydrogen-bond acceptors (Lipinski definition) is 6. The number of rotatable bonds is 7. The fourth-order valence-corrected chi connectivity index (χ4v) is 2.60. The predicted molar refractivity (Wildman–Crippen MR) is 76.6 cm³/mol. The number of tetrazole rings is 1. The van der Waals surface area contributed by atoms with Gasteiger partial charge in [-0.3, -0.25) is 0 Å². The average molecular weight is 291 g/mol. The highest BCUT2D eigenvalue weighted by Gasteiger charge is 2.27. The van der Waals surface area contributed by atoms with Gasteiger partial charge in [0.1, 0.15) is 5.75 Å². The summed E-state index contributed by atoms with van der Waals surface area (Å²) in [4.78, 5) is 0. The van der Waals surface area contributed by atoms with E-state index in [4.69, 9.17) is 10.5 Å². The first-order valence-corrected chi connectivity index (χ1v) is 7.68. The lowest BCUT2D eigenvalue weighted by atomic mass is 10.2. The Labute approximate surface area is 121 Å². The third-order valence-electron chi connectivity index (χ3n) is 3.10. The van der Waals surface area contributed by atoms with Crippen LogP contribution in [0.2, 0.25) is 0 Å². The number of nitrogens with zero attached hydrogens (tertiary/aromatic N) is 4. The van der Waals surface area contributed by atoms with Crippen LogP contribution >= 0.6 is 11.8 Å². The third-order valence-corrected chi connectivity index (χ3v) is 4.00. The molecule has 2 aromatic rings. The van der Waals surface area contributed by atoms with Gasteiger partial charge in [0.05, 0.1) is 12.6 Å². The SMILES string of the molecule is NCc1ccc(OCCSc2nnnn2C2CC2)cc1. The van der Waals surface area contributed by atoms with Crippen LogP contribution in [0.3, 0.4) is 0 Å². The van der Waals surface area contributed by atoms with E-state index < -0.39 is 0 Å². The molecule has 3 rings (SSSR count). The molecule has 1 aromatic carbocycles. The molecule has 0 spiro atoms. The number of ether oxygens (including phenoxy) is 1. The summed E-state index contributed by atoms with van der Waals surface area (Å²) in [5.41, 5.74) is 6.66. The zero-order valence-electron chi connectivity index (χ0n) is 11.1. The Bertz CT molecular complexity index is 552. The maximum Gasteiger partial charge on any atom is 0.209 e. The van der Waals surface area contributed by atoms with Crippen molar-refractivity contribution in [3.05, 3.63) is 29.8 Å². The highest BCUT2D eigenvalue weighted by Crippen LogP contribution is 2.36. The molecule has 2 N–H and O–H groups in total. The van der Waals surface area contributed by atoms with Gasteiger partial charge in [0.2, 0.25) is 5.16 Å². The van der Waals surface area contributed by atoms with Crippen LogP contribution in [-0.4, -0.2) is 32.6 Å². The van der Waals surface area contributed by atoms with Crippen molar-refractivity contribution >= 4 is 11.8 Å². The van der Waals surface area contributed by atoms with Gasteiger partial charge < -0.3 is 10.5 Å². The normalized spacial score (nSPS) is 14.4. The minimum atomic E-state index is 0.511. The summed E-state index contributed by atoms with van der Waals surface area (Å²) in [7, 11) is 0. The number of aromatic nitrogens is 4. The lowest BCUT2D eigenvalue weighted by Gasteiger charge is -2.06. The summed E-state index contributed by atoms with van der Waals surface area (Å²) < 4.78 is 7.60. The van der Waals surface area contributed by atoms with Gasteiger partial charge in [-0.15, -0.1) is 5.10 Å². The monoisotopic (exact) mass is 291 g/mol. The average Bonchev–Trinajstić information content (AvgIpc) is 3.23. The fraction of sp³-hybridized carbons (Fsp3) is 0.462. The molecular formula is C13H17N5OS. The first-order chi connectivity index (χ1) is 9.86. The first-order valence-electron chi connectivity index (χ1n) is 6.69. The Morgan fingerprint density at radius 3 is 2.80 bits per heavy atom. The van der Waals surface area contributed by atoms with Crippen molar-refractivity contribution in [3.8, 4) is 5.75 Å². The van der Waals surface area contributed by atoms with Crippen molar-refractivity contribution in [2.24, 2.45) is 5.73 Å². The quantitative estimate of drug-likeness (QED) is 0.617. The van der Waals surface area contributed by atoms with Crippen LogP contribution in [0.5, 0.6) is 5.75 Å². The zero-order valence-corrected chi connectivity index (χ0v) is 11.9. The van der Waals surface area contributed by atoms with Gasteiger partial charge in [-0.1, -0.05) is 23.9 Å². The van der Waals surface area contributed by atoms with Crippen molar-refractivity contribution in [2.75, 3.05) is 12.4 Å². The molecule has 0 bridgehead atoms. The Morgan fingerprint density at radius 2 is 2.10 bits per heavy atom. The molecule has 0 amide bonds. The summed E-state index contributed by atoms with van der Waals surface area (Å²) in [5.74, 6) is 1.69. The minimum absolute atomic E-state index is 0.511. The van der Waals surface area contributed by atoms with Gasteiger partial charge in [-0.25, -0.2) is 4.68 Å². The van der Waals surface area contributed by atoms with E-state index in [9.17, 15) is 0 Å². The molecular weight excluding hydrogens is 274 g/mol. The Balaban J connectivity index is 1.44. The van der Waals surface area contributed by atoms with E-state index in [-0.39, 0.29) is 0 Å². The Kier molecular flexibility index (Phi) is 4.17. The molecule has 1 aliphatic rings. The van der Waals surface area contributed by atoms with Crippen molar-refractivity contribution in [2.45, 2.75) is 30.6 Å². The van der Waals surface area contributed by atoms with Crippen molar-refractivity contribution < 1.29 is 4.74 Å². The molecule has 0 saturated heterocycles. The highest BCUT2D eigenvalue weighted by molar-refractivity contribution is 7.99. The molecule has 1 aromatic heterocycles. The maximum absolute atomic E-state index is 5.68. The molecule has 7 heteroatoms. The van der Waals surface area contributed by atoms with E-state index in [0.29, 0.717) is 19.2 Å². The second-order valence-corrected chi connectivity index (χ2v) is 5.74. The molecule has 20 heavy (non-hydrogen) atoms. The second-order valence-electron chi connectivity index (χ2n) is 4.68. The topological polar surface area (TPSA) is 78.8 Å². The van der Waals surface area contributed by atoms with Crippen LogP contribution in [0.4, 0.5) is 0 Å². The van der Waals surface area contributed by atoms with Gasteiger partial charge in [0, 0.05) is 12.3 Å². The number of hydrogen-bond donors (Lipinski definition) is 1. The van der Waals surface area contributed by atoms with Crippen molar-refractivity contribution in [3.63, 3.8) is 0 Å². The predicted octanol–water partition coefficient (Wildman–Crippen LogP) is 1.64. The molecule has 1 heterocycles. The molecule has 1 aliphatic carbocycles. The molecule has 1 fully saturated rings. The molecule has 1 saturated carbocycles. The van der Waals surface area contributed by atoms with Crippen LogP contribution in [0.25, 0.3) is 0 Å². The van der Waals surface area contributed by atoms with E-state index >= 15 is 0 Å². The molecule has 0 aliphatic heterocycles. The standard InChI is InChI=1S/C13H17N5OS/c14-9-10-1-5-12(6-2-10)19-7-8-20-13-15-16-17-18(13)11-3-4-11/h1-2,5-6,11H,3-4,7-9,14H2. The smallest absolute Gasteiger partial charge is 0.209 e. The molecule has 6 nitrogen and oxygen atoms in total. The summed E-state index contributed by atoms with van der Waals surface area (Å²) in [6.07, 6.45) is 2.37. The van der Waals surface area contributed by atoms with Crippen molar-refractivity contribution in [1.82, 2.24) is 20.2 Å². The number of benzene rings is 1. The van der Waals surface area contributed by atoms with E-state index in [1.165, 1.54) is 12.8 Å². The summed E-state index contributed by atoms with van der Waals surface area (Å²) in [6, 6.07) is 8.37. The summed E-state index contributed by atoms with van der Waals surface area (Å²) >= 11 is 1.63. The lowest BCUT2D eigenvalue weighted by Crippen LogP contribution is -2.03. The van der Waals surface area contributed by atoms with Crippen molar-refractivity contribution in [1.29, 1.82) is 0 Å². The summed E-state index contributed by atoms with van der Waals surface area (Å²) in [6.45, 7) is 1.18. The first kappa shape index (κ1) is 13.4. The number of thioether (sulfide) groups is 1. The molecule has 0 radical (unpaired) electrons. The second kappa shape index (κ2) is 6.23. The van der Waals surface area contributed by atoms with Gasteiger partial charge in [0.15, 0.2) is 0 Å². The van der Waals surface area contributed by atoms with E-state index in [1.54, 1.807) is 11.8 Å². The molecule has 0 atom stereocenters. The number of nitrogens with two attached hydrogens (primary N) is 1. The minimum Gasteiger partial charge on any atom is -0.493 e. The van der Waals surface area contributed by atoms with Gasteiger partial charge in [-0.05, 0) is 41.0 Å². The lowest BCUT2D eigenvalue weighted by molar-refractivity contribution is 0.343. The Morgan fingerprint density at radius 1 is 1.30 bits per heavy atom. The fourth-order valence-electron chi connectivity index (χ4n) is 1.84. The molecule has 0 unspecified atom stereocenters. The van der Waals surface area contributed by atoms with Crippen LogP contribution < -0.4 is 10.5 Å². The zero-order chi connectivity index (χ0) is 13.8. The maximum atomic E-state index is 5.68. The van der Waals surface area contributed by atoms with Gasteiger partial charge >= 0.3 is 0 Å². The highest BCUT2D eigenvalue weighted by atomic mass is 32.2. The largest absolute Gasteiger partial charge is 0.493 e. The van der Waals surface area contributed by atoms with Gasteiger partial charge in [-0.2, -0.15) is 0 Å². The third kappa shape index (κ3) is 3.29. The van der Waals surface area contributed by atoms with Crippen LogP contribution in [-0.2, 0) is 6.54 Å². The van der Waals surface area contributed by atoms with Crippen LogP contribution in [0.1, 0.15) is 24.4 Å². The molecule has 106 valence electrons. The van der Waals surface area contributed by atoms with Crippen LogP contribution in [0.15, 0.2) is 29.4 Å². The van der Waals surface area contributed by atoms with E-state index in [1.807, 2.05) is 28.9 Å². The van der Waals surface area contributed by atoms with E-state index in [0.717, 1.165) is 22.2 Å². The summed E-state index contributed by atoms with van der Waals surface area (Å²) in [5, 5.41) is 12.7. The Hall–Kier alpha value is -1.60. The van der Waals surface area contributed by atoms with Crippen LogP contribution in [0, 0.1) is 0 Å². The van der Waals surface area contributed by atoms with Gasteiger partial charge in [0.25, 0.3) is 0 Å². The van der Waals surface area contributed by atoms with E-state index in [2.05, 4.69) is 15.5 Å².